The molecule has 0 aromatic heterocycles. The molecular weight excluding hydrogens is 464 g/mol. The Bertz CT molecular complexity index is 1030. The largest absolute Gasteiger partial charge is 0.497 e. The van der Waals surface area contributed by atoms with Crippen molar-refractivity contribution < 1.29 is 33.7 Å². The smallest absolute Gasteiger partial charge is 0.312 e. The molecule has 194 valence electrons. The lowest BCUT2D eigenvalue weighted by molar-refractivity contribution is -0.155. The van der Waals surface area contributed by atoms with E-state index in [0.717, 1.165) is 0 Å². The molecule has 3 aliphatic rings. The van der Waals surface area contributed by atoms with Crippen molar-refractivity contribution in [3.8, 4) is 5.75 Å². The van der Waals surface area contributed by atoms with Crippen LogP contribution in [0.4, 0.5) is 5.69 Å². The summed E-state index contributed by atoms with van der Waals surface area (Å²) in [6.45, 7) is 9.16. The average molecular weight is 499 g/mol. The molecule has 6 atom stereocenters. The highest BCUT2D eigenvalue weighted by Gasteiger charge is 2.75. The molecule has 36 heavy (non-hydrogen) atoms. The predicted molar refractivity (Wildman–Crippen MR) is 132 cm³/mol. The molecule has 1 spiro atoms. The number of aliphatic hydroxyl groups excluding tert-OH is 1. The number of rotatable bonds is 11. The lowest BCUT2D eigenvalue weighted by Crippen LogP contribution is -2.58. The van der Waals surface area contributed by atoms with Crippen LogP contribution in [0.1, 0.15) is 26.2 Å². The Kier molecular flexibility index (Phi) is 7.51. The molecule has 4 rings (SSSR count). The fourth-order valence-electron chi connectivity index (χ4n) is 5.90. The fourth-order valence-corrected chi connectivity index (χ4v) is 5.90. The van der Waals surface area contributed by atoms with E-state index in [-0.39, 0.29) is 31.6 Å². The van der Waals surface area contributed by atoms with E-state index < -0.39 is 41.6 Å². The minimum absolute atomic E-state index is 0.170. The molecule has 3 heterocycles. The van der Waals surface area contributed by atoms with Gasteiger partial charge in [0, 0.05) is 12.2 Å². The molecule has 9 heteroatoms. The monoisotopic (exact) mass is 498 g/mol. The summed E-state index contributed by atoms with van der Waals surface area (Å²) in [6, 6.07) is 5.38. The number of aliphatic hydroxyl groups is 1. The van der Waals surface area contributed by atoms with Gasteiger partial charge in [0.2, 0.25) is 5.91 Å². The number of amides is 2. The summed E-state index contributed by atoms with van der Waals surface area (Å²) in [5.74, 6) is -2.21. The van der Waals surface area contributed by atoms with Crippen LogP contribution in [0.25, 0.3) is 0 Å². The van der Waals surface area contributed by atoms with Crippen LogP contribution in [-0.4, -0.2) is 78.4 Å². The van der Waals surface area contributed by atoms with Crippen molar-refractivity contribution in [2.45, 2.75) is 50.0 Å². The molecule has 0 radical (unpaired) electrons. The van der Waals surface area contributed by atoms with E-state index in [1.165, 1.54) is 4.90 Å². The second-order valence-corrected chi connectivity index (χ2v) is 9.51. The van der Waals surface area contributed by atoms with Crippen molar-refractivity contribution in [2.75, 3.05) is 31.8 Å². The van der Waals surface area contributed by atoms with E-state index in [4.69, 9.17) is 14.2 Å². The van der Waals surface area contributed by atoms with Crippen molar-refractivity contribution in [1.29, 1.82) is 0 Å². The molecule has 0 aliphatic carbocycles. The van der Waals surface area contributed by atoms with E-state index in [1.807, 2.05) is 0 Å². The number of methoxy groups -OCH3 is 1. The van der Waals surface area contributed by atoms with Crippen LogP contribution in [0.2, 0.25) is 0 Å². The van der Waals surface area contributed by atoms with Crippen molar-refractivity contribution in [1.82, 2.24) is 4.90 Å². The number of anilines is 1. The maximum absolute atomic E-state index is 14.2. The molecule has 3 aliphatic heterocycles. The van der Waals surface area contributed by atoms with Gasteiger partial charge in [0.1, 0.15) is 17.4 Å². The van der Waals surface area contributed by atoms with Gasteiger partial charge in [0.15, 0.2) is 0 Å². The Labute approximate surface area is 211 Å². The van der Waals surface area contributed by atoms with E-state index in [0.29, 0.717) is 30.7 Å². The number of fused-ring (bicyclic) bond motifs is 1. The highest BCUT2D eigenvalue weighted by Crippen LogP contribution is 2.59. The zero-order valence-corrected chi connectivity index (χ0v) is 20.8. The van der Waals surface area contributed by atoms with Gasteiger partial charge < -0.3 is 29.1 Å². The molecule has 2 unspecified atom stereocenters. The van der Waals surface area contributed by atoms with E-state index >= 15 is 0 Å². The minimum atomic E-state index is -1.17. The second kappa shape index (κ2) is 10.4. The second-order valence-electron chi connectivity index (χ2n) is 9.51. The number of carbonyl (C=O) groups excluding carboxylic acids is 3. The number of benzene rings is 1. The molecule has 1 aromatic rings. The summed E-state index contributed by atoms with van der Waals surface area (Å²) in [6.07, 6.45) is 4.27. The highest BCUT2D eigenvalue weighted by molar-refractivity contribution is 6.04. The van der Waals surface area contributed by atoms with Gasteiger partial charge in [-0.15, -0.1) is 13.2 Å². The number of carbonyl (C=O) groups is 3. The first-order valence-electron chi connectivity index (χ1n) is 12.3. The molecule has 1 aromatic carbocycles. The highest BCUT2D eigenvalue weighted by atomic mass is 16.6. The van der Waals surface area contributed by atoms with Gasteiger partial charge in [-0.1, -0.05) is 12.2 Å². The molecule has 0 saturated carbocycles. The third-order valence-corrected chi connectivity index (χ3v) is 7.51. The van der Waals surface area contributed by atoms with Crippen LogP contribution in [0.3, 0.4) is 0 Å². The van der Waals surface area contributed by atoms with Crippen LogP contribution >= 0.6 is 0 Å². The summed E-state index contributed by atoms with van der Waals surface area (Å²) < 4.78 is 17.1. The normalized spacial score (nSPS) is 29.0. The van der Waals surface area contributed by atoms with Gasteiger partial charge in [-0.3, -0.25) is 14.4 Å². The first-order valence-corrected chi connectivity index (χ1v) is 12.3. The molecular formula is C27H34N2O7. The summed E-state index contributed by atoms with van der Waals surface area (Å²) in [5, 5.41) is 9.99. The number of ether oxygens (including phenoxy) is 3. The molecule has 3 saturated heterocycles. The van der Waals surface area contributed by atoms with E-state index in [2.05, 4.69) is 13.2 Å². The SMILES string of the molecule is C=CCCOC(=O)[C@@H]1[C@@H]2CCC3(O2)C(C(=O)N(CC=C)c2ccc(OC)cc2)N([C@H](C)CO)C(=O)[C@H]13. The number of esters is 1. The number of hydrogen-bond acceptors (Lipinski definition) is 7. The van der Waals surface area contributed by atoms with E-state index in [1.54, 1.807) is 55.4 Å². The Morgan fingerprint density at radius 3 is 2.64 bits per heavy atom. The number of hydrogen-bond donors (Lipinski definition) is 1. The quantitative estimate of drug-likeness (QED) is 0.283. The third-order valence-electron chi connectivity index (χ3n) is 7.51. The molecule has 2 bridgehead atoms. The van der Waals surface area contributed by atoms with Gasteiger partial charge in [-0.2, -0.15) is 0 Å². The topological polar surface area (TPSA) is 106 Å². The summed E-state index contributed by atoms with van der Waals surface area (Å²) in [5.41, 5.74) is -0.562. The number of likely N-dealkylation sites (tertiary alicyclic amines) is 1. The maximum atomic E-state index is 14.2. The summed E-state index contributed by atoms with van der Waals surface area (Å²) in [4.78, 5) is 44.1. The van der Waals surface area contributed by atoms with Gasteiger partial charge in [0.25, 0.3) is 5.91 Å². The fraction of sp³-hybridized carbons (Fsp3) is 0.519. The lowest BCUT2D eigenvalue weighted by atomic mass is 9.70. The first kappa shape index (κ1) is 25.9. The maximum Gasteiger partial charge on any atom is 0.312 e. The zero-order valence-electron chi connectivity index (χ0n) is 20.8. The van der Waals surface area contributed by atoms with E-state index in [9.17, 15) is 19.5 Å². The zero-order chi connectivity index (χ0) is 26.0. The van der Waals surface area contributed by atoms with Gasteiger partial charge >= 0.3 is 5.97 Å². The van der Waals surface area contributed by atoms with Gasteiger partial charge in [0.05, 0.1) is 44.3 Å². The summed E-state index contributed by atoms with van der Waals surface area (Å²) in [7, 11) is 1.56. The first-order chi connectivity index (χ1) is 17.3. The Morgan fingerprint density at radius 1 is 1.31 bits per heavy atom. The lowest BCUT2D eigenvalue weighted by Gasteiger charge is -2.38. The predicted octanol–water partition coefficient (Wildman–Crippen LogP) is 2.09. The van der Waals surface area contributed by atoms with Gasteiger partial charge in [-0.25, -0.2) is 0 Å². The van der Waals surface area contributed by atoms with Crippen molar-refractivity contribution in [2.24, 2.45) is 11.8 Å². The van der Waals surface area contributed by atoms with Crippen LogP contribution in [0, 0.1) is 11.8 Å². The molecule has 2 amide bonds. The number of nitrogens with zero attached hydrogens (tertiary/aromatic N) is 2. The average Bonchev–Trinajstić information content (AvgIpc) is 3.54. The Morgan fingerprint density at radius 2 is 2.03 bits per heavy atom. The third kappa shape index (κ3) is 4.10. The van der Waals surface area contributed by atoms with Crippen molar-refractivity contribution >= 4 is 23.5 Å². The van der Waals surface area contributed by atoms with Crippen molar-refractivity contribution in [3.05, 3.63) is 49.6 Å². The Hall–Kier alpha value is -3.17. The molecule has 1 N–H and O–H groups in total. The van der Waals surface area contributed by atoms with Crippen LogP contribution < -0.4 is 9.64 Å². The standard InChI is InChI=1S/C27H34N2O7/c1-5-7-15-35-26(33)21-20-12-13-27(36-20)22(21)24(31)29(17(3)16-30)23(27)25(32)28(14-6-2)18-8-10-19(34-4)11-9-18/h5-6,8-11,17,20-23,30H,1-2,7,12-16H2,3-4H3/t17-,20+,21-,22+,23?,27?/m1/s1. The molecule has 9 nitrogen and oxygen atoms in total. The summed E-state index contributed by atoms with van der Waals surface area (Å²) >= 11 is 0. The minimum Gasteiger partial charge on any atom is -0.497 e. The van der Waals surface area contributed by atoms with Crippen LogP contribution in [-0.2, 0) is 23.9 Å². The van der Waals surface area contributed by atoms with Crippen LogP contribution in [0.5, 0.6) is 5.75 Å². The van der Waals surface area contributed by atoms with Crippen molar-refractivity contribution in [3.63, 3.8) is 0 Å². The molecule has 3 fully saturated rings. The Balaban J connectivity index is 1.73. The van der Waals surface area contributed by atoms with Crippen LogP contribution in [0.15, 0.2) is 49.6 Å². The van der Waals surface area contributed by atoms with Gasteiger partial charge in [-0.05, 0) is 50.5 Å².